The minimum absolute atomic E-state index is 0.0237. The molecule has 0 saturated carbocycles. The van der Waals surface area contributed by atoms with Gasteiger partial charge in [-0.15, -0.1) is 0 Å². The fourth-order valence-corrected chi connectivity index (χ4v) is 6.56. The highest BCUT2D eigenvalue weighted by Crippen LogP contribution is 2.64. The average Bonchev–Trinajstić information content (AvgIpc) is 3.47. The van der Waals surface area contributed by atoms with Crippen molar-refractivity contribution in [1.82, 2.24) is 15.5 Å². The second kappa shape index (κ2) is 9.30. The van der Waals surface area contributed by atoms with Crippen LogP contribution in [0.4, 0.5) is 0 Å². The number of fused-ring (bicyclic) bond motifs is 1. The zero-order valence-electron chi connectivity index (χ0n) is 20.5. The summed E-state index contributed by atoms with van der Waals surface area (Å²) in [6, 6.07) is 8.16. The van der Waals surface area contributed by atoms with E-state index in [-0.39, 0.29) is 30.2 Å². The minimum Gasteiger partial charge on any atom is -0.394 e. The van der Waals surface area contributed by atoms with Crippen LogP contribution in [-0.2, 0) is 25.7 Å². The summed E-state index contributed by atoms with van der Waals surface area (Å²) in [5, 5.41) is 16.1. The van der Waals surface area contributed by atoms with Crippen LogP contribution in [0.2, 0.25) is 0 Å². The number of carbonyl (C=O) groups is 3. The number of likely N-dealkylation sites (tertiary alicyclic amines) is 1. The summed E-state index contributed by atoms with van der Waals surface area (Å²) in [6.45, 7) is 6.01. The first-order valence-corrected chi connectivity index (χ1v) is 12.5. The molecule has 0 aromatic heterocycles. The maximum absolute atomic E-state index is 14.0. The van der Waals surface area contributed by atoms with Crippen LogP contribution in [0, 0.1) is 17.8 Å². The van der Waals surface area contributed by atoms with Crippen molar-refractivity contribution in [3.05, 3.63) is 35.9 Å². The molecule has 4 rings (SSSR count). The third-order valence-electron chi connectivity index (χ3n) is 8.55. The molecule has 3 fully saturated rings. The Morgan fingerprint density at radius 2 is 1.91 bits per heavy atom. The molecule has 3 amide bonds. The van der Waals surface area contributed by atoms with Crippen molar-refractivity contribution in [1.29, 1.82) is 0 Å². The number of nitrogens with zero attached hydrogens (tertiary/aromatic N) is 1. The SMILES string of the molecule is CC[C@H](C)[C@H](CO)N1C(=O)[C@@H]2[C@@H](C(=O)NC)[C@@]3(CC)CCC2(O3)C1C(=O)NCc1ccccc1. The zero-order valence-corrected chi connectivity index (χ0v) is 20.5. The Morgan fingerprint density at radius 3 is 2.50 bits per heavy atom. The molecule has 7 atom stereocenters. The normalized spacial score (nSPS) is 33.5. The summed E-state index contributed by atoms with van der Waals surface area (Å²) in [7, 11) is 1.57. The lowest BCUT2D eigenvalue weighted by atomic mass is 9.65. The van der Waals surface area contributed by atoms with E-state index in [9.17, 15) is 19.5 Å². The van der Waals surface area contributed by atoms with Crippen molar-refractivity contribution >= 4 is 17.7 Å². The molecule has 2 bridgehead atoms. The summed E-state index contributed by atoms with van der Waals surface area (Å²) in [5.41, 5.74) is -0.882. The van der Waals surface area contributed by atoms with Gasteiger partial charge < -0.3 is 25.4 Å². The fourth-order valence-electron chi connectivity index (χ4n) is 6.56. The van der Waals surface area contributed by atoms with Gasteiger partial charge in [0.2, 0.25) is 17.7 Å². The third kappa shape index (κ3) is 3.53. The number of aliphatic hydroxyl groups excluding tert-OH is 1. The smallest absolute Gasteiger partial charge is 0.246 e. The number of ether oxygens (including phenoxy) is 1. The van der Waals surface area contributed by atoms with Gasteiger partial charge in [-0.1, -0.05) is 57.5 Å². The number of carbonyl (C=O) groups excluding carboxylic acids is 3. The van der Waals surface area contributed by atoms with Gasteiger partial charge in [-0.2, -0.15) is 0 Å². The quantitative estimate of drug-likeness (QED) is 0.507. The van der Waals surface area contributed by atoms with E-state index in [0.29, 0.717) is 25.8 Å². The standard InChI is InChI=1S/C26H37N3O5/c1-5-16(3)18(15-30)29-21(23(32)28-14-17-10-8-7-9-11-17)26-13-12-25(6-2,34-26)19(22(31)27-4)20(26)24(29)33/h7-11,16,18-21,30H,5-6,12-15H2,1-4H3,(H,27,31)(H,28,32)/t16-,18-,19-,20-,21?,25+,26?/m0/s1. The molecule has 2 unspecified atom stereocenters. The first-order valence-electron chi connectivity index (χ1n) is 12.5. The van der Waals surface area contributed by atoms with Gasteiger partial charge >= 0.3 is 0 Å². The molecule has 8 nitrogen and oxygen atoms in total. The van der Waals surface area contributed by atoms with Gasteiger partial charge in [0.05, 0.1) is 30.1 Å². The highest BCUT2D eigenvalue weighted by Gasteiger charge is 2.79. The summed E-state index contributed by atoms with van der Waals surface area (Å²) in [6.07, 6.45) is 2.48. The predicted molar refractivity (Wildman–Crippen MR) is 126 cm³/mol. The van der Waals surface area contributed by atoms with E-state index in [2.05, 4.69) is 10.6 Å². The lowest BCUT2D eigenvalue weighted by molar-refractivity contribution is -0.152. The van der Waals surface area contributed by atoms with Gasteiger partial charge in [0, 0.05) is 13.6 Å². The Kier molecular flexibility index (Phi) is 6.75. The Morgan fingerprint density at radius 1 is 1.21 bits per heavy atom. The Bertz CT molecular complexity index is 940. The van der Waals surface area contributed by atoms with Gasteiger partial charge in [-0.05, 0) is 30.7 Å². The van der Waals surface area contributed by atoms with Gasteiger partial charge in [0.1, 0.15) is 11.6 Å². The van der Waals surface area contributed by atoms with E-state index in [1.54, 1.807) is 11.9 Å². The second-order valence-corrected chi connectivity index (χ2v) is 10.0. The van der Waals surface area contributed by atoms with E-state index in [0.717, 1.165) is 12.0 Å². The van der Waals surface area contributed by atoms with E-state index in [4.69, 9.17) is 4.74 Å². The molecule has 3 heterocycles. The molecule has 0 aliphatic carbocycles. The topological polar surface area (TPSA) is 108 Å². The van der Waals surface area contributed by atoms with Crippen molar-refractivity contribution in [3.8, 4) is 0 Å². The van der Waals surface area contributed by atoms with Crippen molar-refractivity contribution < 1.29 is 24.2 Å². The minimum atomic E-state index is -1.08. The molecule has 1 aromatic carbocycles. The van der Waals surface area contributed by atoms with Crippen LogP contribution >= 0.6 is 0 Å². The zero-order chi connectivity index (χ0) is 24.7. The third-order valence-corrected chi connectivity index (χ3v) is 8.55. The Balaban J connectivity index is 1.76. The molecule has 3 N–H and O–H groups in total. The second-order valence-electron chi connectivity index (χ2n) is 10.0. The molecule has 3 saturated heterocycles. The highest BCUT2D eigenvalue weighted by atomic mass is 16.5. The van der Waals surface area contributed by atoms with Crippen LogP contribution in [0.1, 0.15) is 52.0 Å². The van der Waals surface area contributed by atoms with Gasteiger partial charge in [0.25, 0.3) is 0 Å². The van der Waals surface area contributed by atoms with Gasteiger partial charge in [0.15, 0.2) is 0 Å². The number of rotatable bonds is 9. The summed E-state index contributed by atoms with van der Waals surface area (Å²) in [5.74, 6) is -2.21. The Labute approximate surface area is 201 Å². The first kappa shape index (κ1) is 24.7. The van der Waals surface area contributed by atoms with E-state index in [1.807, 2.05) is 51.1 Å². The van der Waals surface area contributed by atoms with Crippen LogP contribution in [-0.4, -0.2) is 64.7 Å². The molecule has 186 valence electrons. The summed E-state index contributed by atoms with van der Waals surface area (Å²) >= 11 is 0. The maximum atomic E-state index is 14.0. The molecule has 3 aliphatic heterocycles. The van der Waals surface area contributed by atoms with Crippen LogP contribution in [0.5, 0.6) is 0 Å². The molecule has 8 heteroatoms. The molecule has 1 spiro atoms. The summed E-state index contributed by atoms with van der Waals surface area (Å²) < 4.78 is 6.68. The van der Waals surface area contributed by atoms with Crippen LogP contribution in [0.25, 0.3) is 0 Å². The number of hydrogen-bond acceptors (Lipinski definition) is 5. The predicted octanol–water partition coefficient (Wildman–Crippen LogP) is 1.61. The summed E-state index contributed by atoms with van der Waals surface area (Å²) in [4.78, 5) is 42.5. The maximum Gasteiger partial charge on any atom is 0.246 e. The lowest BCUT2D eigenvalue weighted by Gasteiger charge is -2.39. The molecule has 1 aromatic rings. The van der Waals surface area contributed by atoms with E-state index < -0.39 is 35.1 Å². The Hall–Kier alpha value is -2.45. The van der Waals surface area contributed by atoms with Crippen LogP contribution in [0.3, 0.4) is 0 Å². The van der Waals surface area contributed by atoms with E-state index in [1.165, 1.54) is 0 Å². The number of aliphatic hydroxyl groups is 1. The van der Waals surface area contributed by atoms with Crippen molar-refractivity contribution in [2.75, 3.05) is 13.7 Å². The number of hydrogen-bond donors (Lipinski definition) is 3. The van der Waals surface area contributed by atoms with Crippen LogP contribution < -0.4 is 10.6 Å². The first-order chi connectivity index (χ1) is 16.3. The number of benzene rings is 1. The monoisotopic (exact) mass is 471 g/mol. The van der Waals surface area contributed by atoms with E-state index >= 15 is 0 Å². The highest BCUT2D eigenvalue weighted by molar-refractivity contribution is 5.99. The molecular weight excluding hydrogens is 434 g/mol. The van der Waals surface area contributed by atoms with Gasteiger partial charge in [-0.25, -0.2) is 0 Å². The molecule has 0 radical (unpaired) electrons. The van der Waals surface area contributed by atoms with Crippen molar-refractivity contribution in [3.63, 3.8) is 0 Å². The van der Waals surface area contributed by atoms with Crippen LogP contribution in [0.15, 0.2) is 30.3 Å². The van der Waals surface area contributed by atoms with Gasteiger partial charge in [-0.3, -0.25) is 14.4 Å². The average molecular weight is 472 g/mol. The molecule has 3 aliphatic rings. The molecule has 34 heavy (non-hydrogen) atoms. The largest absolute Gasteiger partial charge is 0.394 e. The molecular formula is C26H37N3O5. The lowest BCUT2D eigenvalue weighted by Crippen LogP contribution is -2.59. The fraction of sp³-hybridized carbons (Fsp3) is 0.654. The number of amides is 3. The number of nitrogens with one attached hydrogen (secondary N) is 2. The van der Waals surface area contributed by atoms with Crippen molar-refractivity contribution in [2.24, 2.45) is 17.8 Å². The van der Waals surface area contributed by atoms with Crippen molar-refractivity contribution in [2.45, 2.75) is 76.3 Å².